The van der Waals surface area contributed by atoms with Crippen LogP contribution < -0.4 is 5.32 Å². The van der Waals surface area contributed by atoms with Crippen molar-refractivity contribution in [1.29, 1.82) is 0 Å². The van der Waals surface area contributed by atoms with Crippen LogP contribution in [0.15, 0.2) is 18.2 Å². The van der Waals surface area contributed by atoms with Gasteiger partial charge in [-0.25, -0.2) is 4.39 Å². The third-order valence-corrected chi connectivity index (χ3v) is 3.21. The molecule has 0 spiro atoms. The van der Waals surface area contributed by atoms with Crippen LogP contribution in [0.2, 0.25) is 0 Å². The molecular weight excluding hydrogens is 287 g/mol. The fourth-order valence-electron chi connectivity index (χ4n) is 2.11. The molecule has 122 valence electrons. The third kappa shape index (κ3) is 5.44. The van der Waals surface area contributed by atoms with E-state index in [9.17, 15) is 14.0 Å². The minimum atomic E-state index is -0.591. The first-order valence-corrected chi connectivity index (χ1v) is 7.46. The smallest absolute Gasteiger partial charge is 0.254 e. The summed E-state index contributed by atoms with van der Waals surface area (Å²) in [7, 11) is 0. The predicted molar refractivity (Wildman–Crippen MR) is 83.2 cm³/mol. The molecule has 2 N–H and O–H groups in total. The zero-order valence-corrected chi connectivity index (χ0v) is 13.1. The number of benzene rings is 1. The highest BCUT2D eigenvalue weighted by atomic mass is 19.1. The van der Waals surface area contributed by atoms with E-state index < -0.39 is 11.7 Å². The lowest BCUT2D eigenvalue weighted by atomic mass is 10.1. The summed E-state index contributed by atoms with van der Waals surface area (Å²) in [6, 6.07) is 3.86. The van der Waals surface area contributed by atoms with Gasteiger partial charge in [-0.2, -0.15) is 0 Å². The number of amides is 2. The number of anilines is 1. The van der Waals surface area contributed by atoms with Gasteiger partial charge in [0.15, 0.2) is 0 Å². The Morgan fingerprint density at radius 3 is 2.59 bits per heavy atom. The van der Waals surface area contributed by atoms with Crippen molar-refractivity contribution < 1.29 is 19.1 Å². The maximum atomic E-state index is 13.6. The summed E-state index contributed by atoms with van der Waals surface area (Å²) >= 11 is 0. The fraction of sp³-hybridized carbons (Fsp3) is 0.500. The Balaban J connectivity index is 2.90. The van der Waals surface area contributed by atoms with Crippen molar-refractivity contribution in [2.24, 2.45) is 0 Å². The number of nitrogens with zero attached hydrogens (tertiary/aromatic N) is 1. The van der Waals surface area contributed by atoms with Gasteiger partial charge in [-0.05, 0) is 24.6 Å². The number of rotatable bonds is 8. The van der Waals surface area contributed by atoms with Crippen molar-refractivity contribution in [2.45, 2.75) is 33.1 Å². The molecule has 2 amide bonds. The van der Waals surface area contributed by atoms with Crippen molar-refractivity contribution in [3.05, 3.63) is 29.6 Å². The Bertz CT molecular complexity index is 520. The summed E-state index contributed by atoms with van der Waals surface area (Å²) in [5.41, 5.74) is 0.269. The molecule has 0 aliphatic heterocycles. The van der Waals surface area contributed by atoms with Gasteiger partial charge in [0.25, 0.3) is 5.91 Å². The second-order valence-corrected chi connectivity index (χ2v) is 5.10. The molecule has 22 heavy (non-hydrogen) atoms. The standard InChI is InChI=1S/C16H23FN2O3/c1-3-4-5-8-19(9-10-20)16(22)13-6-7-14(17)15(11-13)18-12(2)21/h6-7,11,20H,3-5,8-10H2,1-2H3,(H,18,21). The molecule has 6 heteroatoms. The van der Waals surface area contributed by atoms with Crippen molar-refractivity contribution in [2.75, 3.05) is 25.0 Å². The van der Waals surface area contributed by atoms with Crippen LogP contribution >= 0.6 is 0 Å². The van der Waals surface area contributed by atoms with Crippen molar-refractivity contribution in [3.8, 4) is 0 Å². The van der Waals surface area contributed by atoms with E-state index >= 15 is 0 Å². The molecule has 0 aliphatic rings. The number of hydrogen-bond donors (Lipinski definition) is 2. The molecule has 0 atom stereocenters. The lowest BCUT2D eigenvalue weighted by Crippen LogP contribution is -2.34. The van der Waals surface area contributed by atoms with Gasteiger partial charge in [0.2, 0.25) is 5.91 Å². The fourth-order valence-corrected chi connectivity index (χ4v) is 2.11. The number of aliphatic hydroxyl groups is 1. The summed E-state index contributed by atoms with van der Waals surface area (Å²) in [6.45, 7) is 3.99. The average molecular weight is 310 g/mol. The predicted octanol–water partition coefficient (Wildman–Crippen LogP) is 2.41. The summed E-state index contributed by atoms with van der Waals surface area (Å²) in [5.74, 6) is -1.28. The number of carbonyl (C=O) groups excluding carboxylic acids is 2. The van der Waals surface area contributed by atoms with Crippen LogP contribution in [-0.4, -0.2) is 41.5 Å². The minimum absolute atomic E-state index is 0.0177. The van der Waals surface area contributed by atoms with Gasteiger partial charge in [0, 0.05) is 25.6 Å². The second-order valence-electron chi connectivity index (χ2n) is 5.10. The maximum absolute atomic E-state index is 13.6. The number of unbranched alkanes of at least 4 members (excludes halogenated alkanes) is 2. The van der Waals surface area contributed by atoms with Crippen LogP contribution in [0.25, 0.3) is 0 Å². The normalized spacial score (nSPS) is 10.4. The molecule has 1 aromatic rings. The average Bonchev–Trinajstić information content (AvgIpc) is 2.47. The van der Waals surface area contributed by atoms with Crippen LogP contribution in [0.1, 0.15) is 43.5 Å². The molecule has 0 saturated carbocycles. The molecule has 0 saturated heterocycles. The van der Waals surface area contributed by atoms with Gasteiger partial charge in [0.05, 0.1) is 12.3 Å². The van der Waals surface area contributed by atoms with Crippen molar-refractivity contribution in [3.63, 3.8) is 0 Å². The van der Waals surface area contributed by atoms with Crippen molar-refractivity contribution >= 4 is 17.5 Å². The first-order chi connectivity index (χ1) is 10.5. The van der Waals surface area contributed by atoms with Gasteiger partial charge in [0.1, 0.15) is 5.82 Å². The summed E-state index contributed by atoms with van der Waals surface area (Å²) in [6.07, 6.45) is 2.88. The maximum Gasteiger partial charge on any atom is 0.254 e. The number of aliphatic hydroxyl groups excluding tert-OH is 1. The monoisotopic (exact) mass is 310 g/mol. The van der Waals surface area contributed by atoms with Crippen LogP contribution in [0, 0.1) is 5.82 Å². The molecule has 0 aromatic heterocycles. The first kappa shape index (κ1) is 18.1. The topological polar surface area (TPSA) is 69.6 Å². The summed E-state index contributed by atoms with van der Waals surface area (Å²) in [5, 5.41) is 11.5. The van der Waals surface area contributed by atoms with Gasteiger partial charge in [-0.15, -0.1) is 0 Å². The van der Waals surface area contributed by atoms with E-state index in [1.165, 1.54) is 19.1 Å². The molecule has 0 heterocycles. The third-order valence-electron chi connectivity index (χ3n) is 3.21. The number of nitrogens with one attached hydrogen (secondary N) is 1. The zero-order chi connectivity index (χ0) is 16.5. The molecule has 0 unspecified atom stereocenters. The minimum Gasteiger partial charge on any atom is -0.395 e. The van der Waals surface area contributed by atoms with E-state index in [1.807, 2.05) is 0 Å². The second kappa shape index (κ2) is 9.15. The van der Waals surface area contributed by atoms with E-state index in [1.54, 1.807) is 4.90 Å². The van der Waals surface area contributed by atoms with Gasteiger partial charge in [-0.3, -0.25) is 9.59 Å². The molecule has 0 radical (unpaired) electrons. The SMILES string of the molecule is CCCCCN(CCO)C(=O)c1ccc(F)c(NC(C)=O)c1. The molecular formula is C16H23FN2O3. The highest BCUT2D eigenvalue weighted by Gasteiger charge is 2.17. The Morgan fingerprint density at radius 1 is 1.27 bits per heavy atom. The number of carbonyl (C=O) groups is 2. The van der Waals surface area contributed by atoms with Crippen LogP contribution in [0.4, 0.5) is 10.1 Å². The van der Waals surface area contributed by atoms with Crippen LogP contribution in [-0.2, 0) is 4.79 Å². The Labute approximate surface area is 130 Å². The summed E-state index contributed by atoms with van der Waals surface area (Å²) in [4.78, 5) is 25.1. The highest BCUT2D eigenvalue weighted by Crippen LogP contribution is 2.18. The lowest BCUT2D eigenvalue weighted by molar-refractivity contribution is -0.114. The highest BCUT2D eigenvalue weighted by molar-refractivity contribution is 5.96. The van der Waals surface area contributed by atoms with Gasteiger partial charge < -0.3 is 15.3 Å². The molecule has 5 nitrogen and oxygen atoms in total. The van der Waals surface area contributed by atoms with E-state index in [0.717, 1.165) is 25.3 Å². The first-order valence-electron chi connectivity index (χ1n) is 7.46. The molecule has 0 fully saturated rings. The molecule has 0 aliphatic carbocycles. The number of halogens is 1. The van der Waals surface area contributed by atoms with Gasteiger partial charge >= 0.3 is 0 Å². The van der Waals surface area contributed by atoms with Crippen LogP contribution in [0.3, 0.4) is 0 Å². The van der Waals surface area contributed by atoms with Crippen LogP contribution in [0.5, 0.6) is 0 Å². The molecule has 0 bridgehead atoms. The van der Waals surface area contributed by atoms with E-state index in [0.29, 0.717) is 6.54 Å². The Morgan fingerprint density at radius 2 is 2.00 bits per heavy atom. The molecule has 1 aromatic carbocycles. The van der Waals surface area contributed by atoms with E-state index in [2.05, 4.69) is 12.2 Å². The largest absolute Gasteiger partial charge is 0.395 e. The van der Waals surface area contributed by atoms with E-state index in [4.69, 9.17) is 5.11 Å². The zero-order valence-electron chi connectivity index (χ0n) is 13.1. The molecule has 1 rings (SSSR count). The Hall–Kier alpha value is -1.95. The summed E-state index contributed by atoms with van der Waals surface area (Å²) < 4.78 is 13.6. The number of hydrogen-bond acceptors (Lipinski definition) is 3. The Kier molecular flexibility index (Phi) is 7.52. The quantitative estimate of drug-likeness (QED) is 0.724. The van der Waals surface area contributed by atoms with Gasteiger partial charge in [-0.1, -0.05) is 19.8 Å². The van der Waals surface area contributed by atoms with Crippen molar-refractivity contribution in [1.82, 2.24) is 4.90 Å². The van der Waals surface area contributed by atoms with E-state index in [-0.39, 0.29) is 30.3 Å². The lowest BCUT2D eigenvalue weighted by Gasteiger charge is -2.22.